The van der Waals surface area contributed by atoms with Crippen molar-refractivity contribution in [2.75, 3.05) is 0 Å². The van der Waals surface area contributed by atoms with Crippen molar-refractivity contribution in [1.29, 1.82) is 0 Å². The van der Waals surface area contributed by atoms with Crippen LogP contribution in [-0.2, 0) is 14.3 Å². The number of hydrogen-bond donors (Lipinski definition) is 0. The van der Waals surface area contributed by atoms with Crippen molar-refractivity contribution in [3.8, 4) is 0 Å². The number of rotatable bonds is 2. The molecule has 4 heteroatoms. The van der Waals surface area contributed by atoms with Gasteiger partial charge in [-0.3, -0.25) is 4.79 Å². The van der Waals surface area contributed by atoms with Crippen molar-refractivity contribution in [2.24, 2.45) is 11.3 Å². The molecule has 2 aliphatic rings. The second kappa shape index (κ2) is 5.76. The number of carbonyl (C=O) groups is 2. The van der Waals surface area contributed by atoms with Crippen LogP contribution >= 0.6 is 0 Å². The molecule has 0 radical (unpaired) electrons. The number of esters is 1. The lowest BCUT2D eigenvalue weighted by atomic mass is 9.58. The van der Waals surface area contributed by atoms with E-state index in [4.69, 9.17) is 9.15 Å². The second-order valence-corrected chi connectivity index (χ2v) is 7.16. The molecule has 1 heterocycles. The molecule has 0 spiro atoms. The molecular weight excluding hydrogens is 304 g/mol. The molecule has 0 bridgehead atoms. The van der Waals surface area contributed by atoms with Crippen molar-refractivity contribution in [3.05, 3.63) is 40.4 Å². The lowest BCUT2D eigenvalue weighted by Crippen LogP contribution is -2.44. The number of fused-ring (bicyclic) bond motifs is 2. The van der Waals surface area contributed by atoms with E-state index in [1.54, 1.807) is 19.3 Å². The van der Waals surface area contributed by atoms with Gasteiger partial charge in [0.2, 0.25) is 0 Å². The number of hydrogen-bond acceptors (Lipinski definition) is 4. The topological polar surface area (TPSA) is 56.5 Å². The van der Waals surface area contributed by atoms with Crippen LogP contribution in [0.4, 0.5) is 0 Å². The summed E-state index contributed by atoms with van der Waals surface area (Å²) in [6.07, 6.45) is 6.09. The van der Waals surface area contributed by atoms with Crippen LogP contribution in [0.2, 0.25) is 0 Å². The van der Waals surface area contributed by atoms with E-state index in [9.17, 15) is 9.59 Å². The zero-order valence-corrected chi connectivity index (χ0v) is 14.9. The number of Topliss-reactive ketones (excluding diaryl/α,β-unsaturated/α-hetero) is 1. The smallest absolute Gasteiger partial charge is 0.334 e. The Morgan fingerprint density at radius 2 is 2.17 bits per heavy atom. The maximum absolute atomic E-state index is 12.6. The molecule has 4 nitrogen and oxygen atoms in total. The molecule has 128 valence electrons. The quantitative estimate of drug-likeness (QED) is 0.591. The van der Waals surface area contributed by atoms with Gasteiger partial charge in [0.25, 0.3) is 0 Å². The van der Waals surface area contributed by atoms with Gasteiger partial charge in [-0.2, -0.15) is 0 Å². The number of ketones is 1. The van der Waals surface area contributed by atoms with Gasteiger partial charge in [-0.25, -0.2) is 4.79 Å². The minimum absolute atomic E-state index is 0.124. The molecule has 2 aliphatic carbocycles. The highest BCUT2D eigenvalue weighted by atomic mass is 16.5. The van der Waals surface area contributed by atoms with E-state index in [-0.39, 0.29) is 17.7 Å². The minimum Gasteiger partial charge on any atom is -0.464 e. The SMILES string of the molecule is C/C=C(/C)C(=O)O[C@@H]1c2c(C)coc2C=C2C(=O)CC[C@H](C)[C@]21C. The van der Waals surface area contributed by atoms with Crippen LogP contribution in [0.1, 0.15) is 63.5 Å². The largest absolute Gasteiger partial charge is 0.464 e. The van der Waals surface area contributed by atoms with Gasteiger partial charge in [-0.15, -0.1) is 0 Å². The van der Waals surface area contributed by atoms with E-state index in [0.29, 0.717) is 17.8 Å². The highest BCUT2D eigenvalue weighted by molar-refractivity contribution is 6.02. The zero-order chi connectivity index (χ0) is 17.6. The molecule has 0 amide bonds. The molecule has 1 aromatic rings. The summed E-state index contributed by atoms with van der Waals surface area (Å²) < 4.78 is 11.6. The van der Waals surface area contributed by atoms with Gasteiger partial charge in [0.05, 0.1) is 6.26 Å². The standard InChI is InChI=1S/C20H24O4/c1-6-11(2)19(22)24-18-17-12(3)10-23-16(17)9-14-15(21)8-7-13(4)20(14,18)5/h6,9-10,13,18H,7-8H2,1-5H3/b11-6-/t13-,18+,20+/m0/s1. The van der Waals surface area contributed by atoms with Crippen molar-refractivity contribution < 1.29 is 18.7 Å². The molecule has 3 rings (SSSR count). The van der Waals surface area contributed by atoms with Gasteiger partial charge in [0.1, 0.15) is 11.9 Å². The summed E-state index contributed by atoms with van der Waals surface area (Å²) in [6.45, 7) is 9.67. The summed E-state index contributed by atoms with van der Waals surface area (Å²) in [5, 5.41) is 0. The number of carbonyl (C=O) groups excluding carboxylic acids is 2. The summed E-state index contributed by atoms with van der Waals surface area (Å²) in [5.74, 6) is 0.645. The first-order chi connectivity index (χ1) is 11.3. The number of ether oxygens (including phenoxy) is 1. The molecule has 24 heavy (non-hydrogen) atoms. The van der Waals surface area contributed by atoms with Gasteiger partial charge in [-0.05, 0) is 44.7 Å². The first-order valence-electron chi connectivity index (χ1n) is 8.48. The monoisotopic (exact) mass is 328 g/mol. The third-order valence-corrected chi connectivity index (χ3v) is 5.82. The van der Waals surface area contributed by atoms with E-state index in [2.05, 4.69) is 6.92 Å². The van der Waals surface area contributed by atoms with Crippen LogP contribution in [0.15, 0.2) is 27.9 Å². The molecule has 1 fully saturated rings. The van der Waals surface area contributed by atoms with E-state index < -0.39 is 11.5 Å². The molecule has 0 unspecified atom stereocenters. The first kappa shape index (κ1) is 16.7. The molecule has 3 atom stereocenters. The number of aryl methyl sites for hydroxylation is 1. The molecule has 1 aromatic heterocycles. The highest BCUT2D eigenvalue weighted by Crippen LogP contribution is 2.57. The first-order valence-corrected chi connectivity index (χ1v) is 8.48. The third kappa shape index (κ3) is 2.27. The Morgan fingerprint density at radius 3 is 2.83 bits per heavy atom. The Hall–Kier alpha value is -2.10. The van der Waals surface area contributed by atoms with Gasteiger partial charge < -0.3 is 9.15 Å². The van der Waals surface area contributed by atoms with Crippen molar-refractivity contribution >= 4 is 17.8 Å². The van der Waals surface area contributed by atoms with Crippen molar-refractivity contribution in [2.45, 2.75) is 53.6 Å². The van der Waals surface area contributed by atoms with Crippen LogP contribution < -0.4 is 0 Å². The van der Waals surface area contributed by atoms with E-state index >= 15 is 0 Å². The number of allylic oxidation sites excluding steroid dienone is 1. The summed E-state index contributed by atoms with van der Waals surface area (Å²) in [4.78, 5) is 25.0. The normalized spacial score (nSPS) is 29.6. The van der Waals surface area contributed by atoms with Crippen LogP contribution in [-0.4, -0.2) is 11.8 Å². The molecule has 0 aromatic carbocycles. The number of furan rings is 1. The molecule has 1 saturated carbocycles. The average molecular weight is 328 g/mol. The van der Waals surface area contributed by atoms with Gasteiger partial charge in [0, 0.05) is 28.5 Å². The third-order valence-electron chi connectivity index (χ3n) is 5.82. The Kier molecular flexibility index (Phi) is 4.02. The second-order valence-electron chi connectivity index (χ2n) is 7.16. The minimum atomic E-state index is -0.527. The average Bonchev–Trinajstić information content (AvgIpc) is 2.93. The summed E-state index contributed by atoms with van der Waals surface area (Å²) in [7, 11) is 0. The van der Waals surface area contributed by atoms with Crippen LogP contribution in [0.25, 0.3) is 6.08 Å². The molecule has 0 N–H and O–H groups in total. The van der Waals surface area contributed by atoms with Gasteiger partial charge >= 0.3 is 5.97 Å². The summed E-state index contributed by atoms with van der Waals surface area (Å²) in [6, 6.07) is 0. The predicted molar refractivity (Wildman–Crippen MR) is 91.2 cm³/mol. The van der Waals surface area contributed by atoms with E-state index in [0.717, 1.165) is 23.1 Å². The molecule has 0 aliphatic heterocycles. The summed E-state index contributed by atoms with van der Waals surface area (Å²) in [5.41, 5.74) is 2.59. The maximum atomic E-state index is 12.6. The Balaban J connectivity index is 2.16. The van der Waals surface area contributed by atoms with Gasteiger partial charge in [-0.1, -0.05) is 19.9 Å². The lowest BCUT2D eigenvalue weighted by molar-refractivity contribution is -0.154. The summed E-state index contributed by atoms with van der Waals surface area (Å²) >= 11 is 0. The van der Waals surface area contributed by atoms with Crippen LogP contribution in [0.5, 0.6) is 0 Å². The predicted octanol–water partition coefficient (Wildman–Crippen LogP) is 4.54. The van der Waals surface area contributed by atoms with Crippen LogP contribution in [0.3, 0.4) is 0 Å². The Morgan fingerprint density at radius 1 is 1.46 bits per heavy atom. The van der Waals surface area contributed by atoms with E-state index in [1.807, 2.05) is 26.8 Å². The fourth-order valence-electron chi connectivity index (χ4n) is 3.83. The van der Waals surface area contributed by atoms with Gasteiger partial charge in [0.15, 0.2) is 5.78 Å². The molecule has 0 saturated heterocycles. The zero-order valence-electron chi connectivity index (χ0n) is 14.9. The fraction of sp³-hybridized carbons (Fsp3) is 0.500. The van der Waals surface area contributed by atoms with Crippen molar-refractivity contribution in [3.63, 3.8) is 0 Å². The van der Waals surface area contributed by atoms with Crippen molar-refractivity contribution in [1.82, 2.24) is 0 Å². The molecular formula is C20H24O4. The van der Waals surface area contributed by atoms with E-state index in [1.165, 1.54) is 0 Å². The highest BCUT2D eigenvalue weighted by Gasteiger charge is 2.53. The Bertz CT molecular complexity index is 765. The fourth-order valence-corrected chi connectivity index (χ4v) is 3.83. The van der Waals surface area contributed by atoms with Crippen LogP contribution in [0, 0.1) is 18.3 Å². The lowest BCUT2D eigenvalue weighted by Gasteiger charge is -2.47. The maximum Gasteiger partial charge on any atom is 0.334 e. The Labute approximate surface area is 142 Å².